The van der Waals surface area contributed by atoms with E-state index < -0.39 is 34.9 Å². The maximum atomic E-state index is 2.59. The average molecular weight is 1110 g/mol. The molecule has 77 heavy (non-hydrogen) atoms. The summed E-state index contributed by atoms with van der Waals surface area (Å²) in [5.41, 5.74) is 0. The van der Waals surface area contributed by atoms with Crippen molar-refractivity contribution in [1.29, 1.82) is 0 Å². The predicted molar refractivity (Wildman–Crippen MR) is 346 cm³/mol. The van der Waals surface area contributed by atoms with Crippen LogP contribution in [0.25, 0.3) is 0 Å². The van der Waals surface area contributed by atoms with Gasteiger partial charge in [0, 0.05) is 0 Å². The third-order valence-electron chi connectivity index (χ3n) is 15.6. The third kappa shape index (κ3) is 7.95. The second-order valence-corrected chi connectivity index (χ2v) is 60.6. The molecule has 0 bridgehead atoms. The van der Waals surface area contributed by atoms with Crippen LogP contribution in [0.3, 0.4) is 0 Å². The van der Waals surface area contributed by atoms with Crippen LogP contribution in [0.15, 0.2) is 364 Å². The average Bonchev–Trinajstić information content (AvgIpc) is 3.71. The molecule has 0 aromatic heterocycles. The summed E-state index contributed by atoms with van der Waals surface area (Å²) in [6, 6.07) is 146. The van der Waals surface area contributed by atoms with Gasteiger partial charge in [-0.25, -0.2) is 0 Å². The van der Waals surface area contributed by atoms with Crippen molar-refractivity contribution in [2.75, 3.05) is 0 Å². The minimum absolute atomic E-state index is 1.44. The molecule has 380 valence electrons. The quantitative estimate of drug-likeness (QED) is 0.0668. The van der Waals surface area contributed by atoms with Gasteiger partial charge in [0.2, 0.25) is 0 Å². The molecule has 0 aliphatic rings. The van der Waals surface area contributed by atoms with Crippen LogP contribution >= 0.6 is 23.8 Å². The van der Waals surface area contributed by atoms with Gasteiger partial charge in [0.25, 0.3) is 0 Å². The van der Waals surface area contributed by atoms with Gasteiger partial charge in [-0.3, -0.25) is 0 Å². The van der Waals surface area contributed by atoms with E-state index in [0.717, 1.165) is 0 Å². The molecule has 0 amide bonds. The molecule has 0 aliphatic heterocycles. The van der Waals surface area contributed by atoms with Crippen molar-refractivity contribution in [1.82, 2.24) is 0 Å². The molecule has 0 heterocycles. The van der Waals surface area contributed by atoms with Gasteiger partial charge in [0.05, 0.1) is 0 Å². The Bertz CT molecular complexity index is 2860. The Balaban J connectivity index is 1.64. The van der Waals surface area contributed by atoms with E-state index in [1.807, 2.05) is 0 Å². The van der Waals surface area contributed by atoms with Crippen LogP contribution in [0.1, 0.15) is 0 Å². The van der Waals surface area contributed by atoms with Gasteiger partial charge >= 0.3 is 463 Å². The molecular formula is C72H64FeP4. The molecule has 0 aliphatic carbocycles. The molecule has 0 nitrogen and oxygen atoms in total. The maximum absolute atomic E-state index is 3.94. The molecule has 0 saturated carbocycles. The Morgan fingerprint density at radius 1 is 0.117 bits per heavy atom. The van der Waals surface area contributed by atoms with Crippen LogP contribution < -0.4 is 63.7 Å². The van der Waals surface area contributed by atoms with E-state index >= 15 is 0 Å². The van der Waals surface area contributed by atoms with E-state index in [4.69, 9.17) is 0 Å². The van der Waals surface area contributed by atoms with E-state index in [1.54, 1.807) is 0 Å². The Kier molecular flexibility index (Phi) is 14.8. The fourth-order valence-corrected chi connectivity index (χ4v) is 141. The summed E-state index contributed by atoms with van der Waals surface area (Å²) in [7, 11) is 0. The van der Waals surface area contributed by atoms with E-state index in [9.17, 15) is 0 Å². The SMILES string of the molecule is c1ccc([PH](c2ccccc2)(c2ccccc2)[Fe]([PH](c2ccccc2)(c2ccccc2)c2ccccc2)([PH](c2ccccc2)(c2ccccc2)c2ccccc2)[PH](c2ccccc2)(c2ccccc2)c2ccccc2)cc1. The first-order chi connectivity index (χ1) is 38.3. The Morgan fingerprint density at radius 2 is 0.195 bits per heavy atom. The molecule has 0 saturated heterocycles. The van der Waals surface area contributed by atoms with Crippen molar-refractivity contribution in [2.45, 2.75) is 0 Å². The van der Waals surface area contributed by atoms with Crippen LogP contribution in [0, 0.1) is 0 Å². The monoisotopic (exact) mass is 1110 g/mol. The molecule has 5 heteroatoms. The van der Waals surface area contributed by atoms with Gasteiger partial charge in [-0.15, -0.1) is 0 Å². The second-order valence-electron chi connectivity index (χ2n) is 19.5. The molecule has 0 fully saturated rings. The summed E-state index contributed by atoms with van der Waals surface area (Å²) in [5.74, 6) is -15.8. The van der Waals surface area contributed by atoms with Crippen molar-refractivity contribution in [3.63, 3.8) is 0 Å². The van der Waals surface area contributed by atoms with Crippen molar-refractivity contribution in [2.24, 2.45) is 0 Å². The predicted octanol–water partition coefficient (Wildman–Crippen LogP) is 12.7. The first-order valence-corrected chi connectivity index (χ1v) is 40.7. The Labute approximate surface area is 459 Å². The van der Waals surface area contributed by atoms with Crippen LogP contribution in [0.4, 0.5) is 0 Å². The molecule has 12 aromatic rings. The van der Waals surface area contributed by atoms with Crippen LogP contribution in [-0.2, 0) is 11.1 Å². The molecule has 0 spiro atoms. The Morgan fingerprint density at radius 3 is 0.273 bits per heavy atom. The topological polar surface area (TPSA) is 0 Å². The van der Waals surface area contributed by atoms with Gasteiger partial charge < -0.3 is 0 Å². The summed E-state index contributed by atoms with van der Waals surface area (Å²) in [6.45, 7) is 0. The number of rotatable bonds is 16. The molecule has 0 atom stereocenters. The van der Waals surface area contributed by atoms with Gasteiger partial charge in [-0.1, -0.05) is 0 Å². The van der Waals surface area contributed by atoms with Crippen molar-refractivity contribution < 1.29 is 11.1 Å². The van der Waals surface area contributed by atoms with E-state index in [-0.39, 0.29) is 0 Å². The summed E-state index contributed by atoms with van der Waals surface area (Å²) in [6.07, 6.45) is 0. The van der Waals surface area contributed by atoms with Crippen molar-refractivity contribution in [3.05, 3.63) is 364 Å². The summed E-state index contributed by atoms with van der Waals surface area (Å²) in [4.78, 5) is 0. The summed E-state index contributed by atoms with van der Waals surface area (Å²) in [5, 5.41) is 17.3. The van der Waals surface area contributed by atoms with Gasteiger partial charge in [-0.2, -0.15) is 0 Å². The number of hydrogen-bond acceptors (Lipinski definition) is 0. The van der Waals surface area contributed by atoms with E-state index in [1.165, 1.54) is 63.7 Å². The first-order valence-electron chi connectivity index (χ1n) is 26.6. The molecular weight excluding hydrogens is 1040 g/mol. The zero-order chi connectivity index (χ0) is 51.9. The van der Waals surface area contributed by atoms with Gasteiger partial charge in [-0.05, 0) is 0 Å². The third-order valence-corrected chi connectivity index (χ3v) is 97.9. The minimum atomic E-state index is -3.94. The van der Waals surface area contributed by atoms with E-state index in [0.29, 0.717) is 0 Å². The first kappa shape index (κ1) is 50.7. The normalized spacial score (nSPS) is 14.0. The summed E-state index contributed by atoms with van der Waals surface area (Å²) >= 11 is -3.91. The molecule has 0 radical (unpaired) electrons. The molecule has 0 N–H and O–H groups in total. The van der Waals surface area contributed by atoms with E-state index in [2.05, 4.69) is 364 Å². The van der Waals surface area contributed by atoms with Crippen LogP contribution in [-0.4, -0.2) is 0 Å². The summed E-state index contributed by atoms with van der Waals surface area (Å²) < 4.78 is 0. The second kappa shape index (κ2) is 22.5. The zero-order valence-electron chi connectivity index (χ0n) is 43.0. The number of hydrogen-bond donors (Lipinski definition) is 0. The zero-order valence-corrected chi connectivity index (χ0v) is 48.1. The van der Waals surface area contributed by atoms with Crippen LogP contribution in [0.2, 0.25) is 0 Å². The fourth-order valence-electron chi connectivity index (χ4n) is 13.0. The standard InChI is InChI=1S/4C18H15P.Fe/c4*1-4-10-16(11-5-1)19(17-12-6-2-7-13-17)18-14-8-3-9-15-18;/h4*1-15H;/q;;;;-4/p+4. The number of benzene rings is 12. The van der Waals surface area contributed by atoms with Crippen LogP contribution in [0.5, 0.6) is 0 Å². The van der Waals surface area contributed by atoms with Crippen molar-refractivity contribution >= 4 is 87.5 Å². The van der Waals surface area contributed by atoms with Gasteiger partial charge in [0.1, 0.15) is 0 Å². The molecule has 0 unspecified atom stereocenters. The fraction of sp³-hybridized carbons (Fsp3) is 0. The van der Waals surface area contributed by atoms with Gasteiger partial charge in [0.15, 0.2) is 0 Å². The molecule has 12 rings (SSSR count). The molecule has 12 aromatic carbocycles. The Hall–Kier alpha value is -7.12. The van der Waals surface area contributed by atoms with Crippen molar-refractivity contribution in [3.8, 4) is 0 Å².